The Kier molecular flexibility index (Phi) is 7.52. The van der Waals surface area contributed by atoms with Crippen LogP contribution in [-0.2, 0) is 0 Å². The fraction of sp³-hybridized carbons (Fsp3) is 0.364. The van der Waals surface area contributed by atoms with E-state index in [1.54, 1.807) is 30.3 Å². The summed E-state index contributed by atoms with van der Waals surface area (Å²) in [4.78, 5) is 14.5. The average Bonchev–Trinajstić information content (AvgIpc) is 2.68. The molecule has 0 spiro atoms. The number of thiocarbonyl (C=S) groups is 1. The monoisotopic (exact) mass is 417 g/mol. The van der Waals surface area contributed by atoms with Crippen LogP contribution in [0.4, 0.5) is 20.2 Å². The zero-order chi connectivity index (χ0) is 20.6. The van der Waals surface area contributed by atoms with Gasteiger partial charge >= 0.3 is 0 Å². The predicted octanol–water partition coefficient (Wildman–Crippen LogP) is 5.52. The van der Waals surface area contributed by atoms with Gasteiger partial charge in [0.25, 0.3) is 12.3 Å². The van der Waals surface area contributed by atoms with Crippen molar-refractivity contribution < 1.29 is 13.6 Å². The molecule has 2 N–H and O–H groups in total. The summed E-state index contributed by atoms with van der Waals surface area (Å²) in [5, 5.41) is 5.67. The van der Waals surface area contributed by atoms with Crippen LogP contribution in [0.2, 0.25) is 0 Å². The van der Waals surface area contributed by atoms with Crippen LogP contribution in [0.1, 0.15) is 54.5 Å². The van der Waals surface area contributed by atoms with E-state index >= 15 is 0 Å². The van der Waals surface area contributed by atoms with Gasteiger partial charge in [-0.1, -0.05) is 43.5 Å². The lowest BCUT2D eigenvalue weighted by Crippen LogP contribution is -2.35. The summed E-state index contributed by atoms with van der Waals surface area (Å²) in [7, 11) is 0. The molecular weight excluding hydrogens is 392 g/mol. The van der Waals surface area contributed by atoms with Gasteiger partial charge in [0.2, 0.25) is 0 Å². The molecule has 7 heteroatoms. The molecule has 0 aliphatic carbocycles. The van der Waals surface area contributed by atoms with Gasteiger partial charge in [-0.15, -0.1) is 0 Å². The summed E-state index contributed by atoms with van der Waals surface area (Å²) in [6.07, 6.45) is 3.11. The van der Waals surface area contributed by atoms with Gasteiger partial charge in [-0.25, -0.2) is 8.78 Å². The lowest BCUT2D eigenvalue weighted by Gasteiger charge is -2.29. The Balaban J connectivity index is 1.78. The zero-order valence-corrected chi connectivity index (χ0v) is 17.0. The number of halogens is 2. The summed E-state index contributed by atoms with van der Waals surface area (Å²) >= 11 is 5.28. The number of nitrogens with zero attached hydrogens (tertiary/aromatic N) is 1. The van der Waals surface area contributed by atoms with Crippen molar-refractivity contribution in [3.8, 4) is 0 Å². The Hall–Kier alpha value is -2.54. The number of amides is 1. The first-order valence-electron chi connectivity index (χ1n) is 9.89. The van der Waals surface area contributed by atoms with Gasteiger partial charge in [0.15, 0.2) is 5.11 Å². The Bertz CT molecular complexity index is 837. The third kappa shape index (κ3) is 5.97. The van der Waals surface area contributed by atoms with Gasteiger partial charge in [0.05, 0.1) is 11.4 Å². The topological polar surface area (TPSA) is 44.4 Å². The van der Waals surface area contributed by atoms with E-state index in [9.17, 15) is 13.6 Å². The van der Waals surface area contributed by atoms with Gasteiger partial charge in [-0.05, 0) is 49.3 Å². The largest absolute Gasteiger partial charge is 0.370 e. The summed E-state index contributed by atoms with van der Waals surface area (Å²) in [6, 6.07) is 13.3. The van der Waals surface area contributed by atoms with Gasteiger partial charge < -0.3 is 10.2 Å². The number of alkyl halides is 2. The number of carbonyl (C=O) groups excluding carboxylic acids is 1. The first kappa shape index (κ1) is 21.2. The molecule has 1 heterocycles. The second kappa shape index (κ2) is 10.3. The Morgan fingerprint density at radius 3 is 2.28 bits per heavy atom. The van der Waals surface area contributed by atoms with Crippen molar-refractivity contribution in [1.29, 1.82) is 0 Å². The van der Waals surface area contributed by atoms with E-state index in [1.807, 2.05) is 6.07 Å². The SMILES string of the molecule is O=C(NC(=S)Nc1cc(C(F)F)ccc1N1CCCCCCC1)c1ccccc1. The lowest BCUT2D eigenvalue weighted by atomic mass is 10.1. The number of benzene rings is 2. The highest BCUT2D eigenvalue weighted by Gasteiger charge is 2.18. The number of nitrogens with one attached hydrogen (secondary N) is 2. The molecule has 0 unspecified atom stereocenters. The second-order valence-corrected chi connectivity index (χ2v) is 7.51. The molecule has 4 nitrogen and oxygen atoms in total. The zero-order valence-electron chi connectivity index (χ0n) is 16.2. The molecule has 3 rings (SSSR count). The van der Waals surface area contributed by atoms with Crippen LogP contribution < -0.4 is 15.5 Å². The van der Waals surface area contributed by atoms with Crippen molar-refractivity contribution >= 4 is 34.6 Å². The van der Waals surface area contributed by atoms with E-state index in [4.69, 9.17) is 12.2 Å². The van der Waals surface area contributed by atoms with Crippen molar-refractivity contribution in [2.24, 2.45) is 0 Å². The van der Waals surface area contributed by atoms with Crippen LogP contribution in [0.15, 0.2) is 48.5 Å². The number of hydrogen-bond acceptors (Lipinski definition) is 3. The van der Waals surface area contributed by atoms with Crippen LogP contribution in [0, 0.1) is 0 Å². The first-order chi connectivity index (χ1) is 14.0. The average molecular weight is 418 g/mol. The maximum atomic E-state index is 13.3. The van der Waals surface area contributed by atoms with Crippen LogP contribution in [0.3, 0.4) is 0 Å². The number of carbonyl (C=O) groups is 1. The highest BCUT2D eigenvalue weighted by atomic mass is 32.1. The number of rotatable bonds is 4. The molecule has 0 aromatic heterocycles. The molecule has 1 fully saturated rings. The molecular formula is C22H25F2N3OS. The molecule has 29 heavy (non-hydrogen) atoms. The number of anilines is 2. The van der Waals surface area contributed by atoms with Crippen molar-refractivity contribution in [1.82, 2.24) is 5.32 Å². The van der Waals surface area contributed by atoms with E-state index in [-0.39, 0.29) is 16.6 Å². The van der Waals surface area contributed by atoms with Crippen LogP contribution in [0.25, 0.3) is 0 Å². The van der Waals surface area contributed by atoms with Crippen molar-refractivity contribution in [2.45, 2.75) is 38.5 Å². The van der Waals surface area contributed by atoms with Crippen molar-refractivity contribution in [2.75, 3.05) is 23.3 Å². The first-order valence-corrected chi connectivity index (χ1v) is 10.3. The number of hydrogen-bond donors (Lipinski definition) is 2. The van der Waals surface area contributed by atoms with E-state index < -0.39 is 6.43 Å². The van der Waals surface area contributed by atoms with E-state index in [2.05, 4.69) is 15.5 Å². The molecule has 1 aliphatic heterocycles. The molecule has 1 amide bonds. The molecule has 0 atom stereocenters. The molecule has 1 aliphatic rings. The molecule has 2 aromatic carbocycles. The smallest absolute Gasteiger partial charge is 0.263 e. The van der Waals surface area contributed by atoms with E-state index in [1.165, 1.54) is 31.4 Å². The summed E-state index contributed by atoms with van der Waals surface area (Å²) in [5.74, 6) is -0.346. The summed E-state index contributed by atoms with van der Waals surface area (Å²) in [5.41, 5.74) is 1.71. The fourth-order valence-corrected chi connectivity index (χ4v) is 3.67. The van der Waals surface area contributed by atoms with Crippen LogP contribution in [0.5, 0.6) is 0 Å². The Morgan fingerprint density at radius 2 is 1.62 bits per heavy atom. The maximum absolute atomic E-state index is 13.3. The highest BCUT2D eigenvalue weighted by Crippen LogP contribution is 2.32. The van der Waals surface area contributed by atoms with Gasteiger partial charge in [-0.2, -0.15) is 0 Å². The van der Waals surface area contributed by atoms with Gasteiger partial charge in [0, 0.05) is 24.2 Å². The quantitative estimate of drug-likeness (QED) is 0.643. The van der Waals surface area contributed by atoms with Crippen LogP contribution in [-0.4, -0.2) is 24.1 Å². The minimum atomic E-state index is -2.58. The third-order valence-corrected chi connectivity index (χ3v) is 5.18. The minimum absolute atomic E-state index is 0.0820. The van der Waals surface area contributed by atoms with Crippen molar-refractivity contribution in [3.63, 3.8) is 0 Å². The van der Waals surface area contributed by atoms with Gasteiger partial charge in [-0.3, -0.25) is 10.1 Å². The second-order valence-electron chi connectivity index (χ2n) is 7.11. The molecule has 1 saturated heterocycles. The standard InChI is InChI=1S/C22H25F2N3OS/c23-20(24)17-11-12-19(27-13-7-2-1-3-8-14-27)18(15-17)25-22(29)26-21(28)16-9-5-4-6-10-16/h4-6,9-12,15,20H,1-3,7-8,13-14H2,(H2,25,26,28,29). The highest BCUT2D eigenvalue weighted by molar-refractivity contribution is 7.80. The molecule has 0 bridgehead atoms. The third-order valence-electron chi connectivity index (χ3n) is 4.98. The van der Waals surface area contributed by atoms with Crippen molar-refractivity contribution in [3.05, 3.63) is 59.7 Å². The Labute approximate surface area is 175 Å². The normalized spacial score (nSPS) is 14.8. The van der Waals surface area contributed by atoms with E-state index in [0.717, 1.165) is 31.6 Å². The summed E-state index contributed by atoms with van der Waals surface area (Å²) < 4.78 is 26.5. The molecule has 0 saturated carbocycles. The summed E-state index contributed by atoms with van der Waals surface area (Å²) in [6.45, 7) is 1.73. The molecule has 2 aromatic rings. The predicted molar refractivity (Wildman–Crippen MR) is 117 cm³/mol. The van der Waals surface area contributed by atoms with Crippen LogP contribution >= 0.6 is 12.2 Å². The minimum Gasteiger partial charge on any atom is -0.370 e. The molecule has 154 valence electrons. The Morgan fingerprint density at radius 1 is 0.966 bits per heavy atom. The molecule has 0 radical (unpaired) electrons. The van der Waals surface area contributed by atoms with E-state index in [0.29, 0.717) is 11.3 Å². The fourth-order valence-electron chi connectivity index (χ4n) is 3.47. The maximum Gasteiger partial charge on any atom is 0.263 e. The van der Waals surface area contributed by atoms with Gasteiger partial charge in [0.1, 0.15) is 0 Å². The lowest BCUT2D eigenvalue weighted by molar-refractivity contribution is 0.0977.